The Hall–Kier alpha value is -2.30. The monoisotopic (exact) mass is 325 g/mol. The van der Waals surface area contributed by atoms with Crippen molar-refractivity contribution in [2.45, 2.75) is 38.3 Å². The van der Waals surface area contributed by atoms with Crippen LogP contribution in [0.25, 0.3) is 0 Å². The number of urea groups is 1. The summed E-state index contributed by atoms with van der Waals surface area (Å²) in [5.41, 5.74) is 3.68. The molecule has 0 radical (unpaired) electrons. The lowest BCUT2D eigenvalue weighted by Crippen LogP contribution is -2.47. The fourth-order valence-electron chi connectivity index (χ4n) is 4.27. The standard InChI is InChI=1S/C19H23N3O2/c1-22(12-17-8-9-24-21-17)19(23)20-18-15-6-7-16(18)11-14-5-3-2-4-13(14)10-15/h2-5,8-9,15-16,18H,6-7,10-12H2,1H3,(H,20,23)/t15-,16-/m0/s1. The Balaban J connectivity index is 1.44. The van der Waals surface area contributed by atoms with Crippen molar-refractivity contribution >= 4 is 6.03 Å². The molecule has 0 spiro atoms. The van der Waals surface area contributed by atoms with E-state index >= 15 is 0 Å². The molecule has 1 aromatic carbocycles. The van der Waals surface area contributed by atoms with Crippen molar-refractivity contribution in [2.24, 2.45) is 11.8 Å². The van der Waals surface area contributed by atoms with Gasteiger partial charge in [-0.25, -0.2) is 4.79 Å². The Morgan fingerprint density at radius 2 is 1.88 bits per heavy atom. The normalized spacial score (nSPS) is 25.0. The predicted molar refractivity (Wildman–Crippen MR) is 90.4 cm³/mol. The number of benzene rings is 1. The molecule has 4 rings (SSSR count). The molecule has 2 atom stereocenters. The number of hydrogen-bond donors (Lipinski definition) is 1. The topological polar surface area (TPSA) is 58.4 Å². The number of carbonyl (C=O) groups excluding carboxylic acids is 1. The molecule has 5 heteroatoms. The van der Waals surface area contributed by atoms with Gasteiger partial charge >= 0.3 is 6.03 Å². The Morgan fingerprint density at radius 3 is 2.46 bits per heavy atom. The van der Waals surface area contributed by atoms with Crippen LogP contribution >= 0.6 is 0 Å². The van der Waals surface area contributed by atoms with Crippen LogP contribution in [0.2, 0.25) is 0 Å². The van der Waals surface area contributed by atoms with E-state index in [1.807, 2.05) is 0 Å². The third kappa shape index (κ3) is 2.90. The lowest BCUT2D eigenvalue weighted by Gasteiger charge is -2.26. The predicted octanol–water partition coefficient (Wildman–Crippen LogP) is 3.01. The van der Waals surface area contributed by atoms with Crippen LogP contribution < -0.4 is 5.32 Å². The van der Waals surface area contributed by atoms with E-state index in [0.29, 0.717) is 18.4 Å². The summed E-state index contributed by atoms with van der Waals surface area (Å²) >= 11 is 0. The smallest absolute Gasteiger partial charge is 0.317 e. The van der Waals surface area contributed by atoms with Crippen molar-refractivity contribution < 1.29 is 9.32 Å². The minimum atomic E-state index is -0.0224. The molecule has 2 aromatic rings. The Kier molecular flexibility index (Phi) is 4.00. The van der Waals surface area contributed by atoms with Crippen molar-refractivity contribution in [3.63, 3.8) is 0 Å². The number of carbonyl (C=O) groups is 1. The van der Waals surface area contributed by atoms with Gasteiger partial charge in [0.2, 0.25) is 0 Å². The summed E-state index contributed by atoms with van der Waals surface area (Å²) in [5, 5.41) is 7.17. The molecule has 1 fully saturated rings. The molecule has 2 aliphatic carbocycles. The van der Waals surface area contributed by atoms with Crippen LogP contribution in [-0.2, 0) is 19.4 Å². The summed E-state index contributed by atoms with van der Waals surface area (Å²) in [6, 6.07) is 10.8. The highest BCUT2D eigenvalue weighted by Crippen LogP contribution is 2.40. The molecule has 2 bridgehead atoms. The van der Waals surface area contributed by atoms with Crippen LogP contribution in [0.3, 0.4) is 0 Å². The van der Waals surface area contributed by atoms with Crippen molar-refractivity contribution in [3.8, 4) is 0 Å². The van der Waals surface area contributed by atoms with E-state index in [1.54, 1.807) is 18.0 Å². The van der Waals surface area contributed by atoms with Crippen LogP contribution in [0, 0.1) is 11.8 Å². The van der Waals surface area contributed by atoms with Gasteiger partial charge in [0.15, 0.2) is 0 Å². The minimum Gasteiger partial charge on any atom is -0.364 e. The summed E-state index contributed by atoms with van der Waals surface area (Å²) in [5.74, 6) is 1.09. The molecule has 0 saturated heterocycles. The van der Waals surface area contributed by atoms with E-state index in [-0.39, 0.29) is 12.1 Å². The summed E-state index contributed by atoms with van der Waals surface area (Å²) in [7, 11) is 1.80. The van der Waals surface area contributed by atoms with Crippen molar-refractivity contribution in [2.75, 3.05) is 7.05 Å². The summed E-state index contributed by atoms with van der Waals surface area (Å²) in [6.45, 7) is 0.463. The van der Waals surface area contributed by atoms with Crippen LogP contribution in [0.15, 0.2) is 41.1 Å². The number of nitrogens with one attached hydrogen (secondary N) is 1. The van der Waals surface area contributed by atoms with Gasteiger partial charge in [-0.05, 0) is 48.6 Å². The van der Waals surface area contributed by atoms with E-state index in [4.69, 9.17) is 4.52 Å². The van der Waals surface area contributed by atoms with Crippen LogP contribution in [0.4, 0.5) is 4.79 Å². The Morgan fingerprint density at radius 1 is 1.21 bits per heavy atom. The number of fused-ring (bicyclic) bond motifs is 3. The maximum absolute atomic E-state index is 12.6. The largest absolute Gasteiger partial charge is 0.364 e. The molecule has 0 aliphatic heterocycles. The molecule has 24 heavy (non-hydrogen) atoms. The van der Waals surface area contributed by atoms with Gasteiger partial charge < -0.3 is 14.7 Å². The zero-order valence-electron chi connectivity index (χ0n) is 13.9. The summed E-state index contributed by atoms with van der Waals surface area (Å²) in [6.07, 6.45) is 6.09. The van der Waals surface area contributed by atoms with E-state index in [9.17, 15) is 4.79 Å². The van der Waals surface area contributed by atoms with Gasteiger partial charge in [-0.1, -0.05) is 29.4 Å². The highest BCUT2D eigenvalue weighted by Gasteiger charge is 2.40. The maximum Gasteiger partial charge on any atom is 0.317 e. The maximum atomic E-state index is 12.6. The van der Waals surface area contributed by atoms with Crippen LogP contribution in [-0.4, -0.2) is 29.2 Å². The number of amides is 2. The first-order chi connectivity index (χ1) is 11.7. The minimum absolute atomic E-state index is 0.0224. The molecule has 1 heterocycles. The number of hydrogen-bond acceptors (Lipinski definition) is 3. The van der Waals surface area contributed by atoms with Gasteiger partial charge in [0.1, 0.15) is 12.0 Å². The molecule has 5 nitrogen and oxygen atoms in total. The second-order valence-electron chi connectivity index (χ2n) is 7.10. The number of nitrogens with zero attached hydrogens (tertiary/aromatic N) is 2. The van der Waals surface area contributed by atoms with Gasteiger partial charge in [-0.3, -0.25) is 0 Å². The number of aromatic nitrogens is 1. The second kappa shape index (κ2) is 6.30. The van der Waals surface area contributed by atoms with Crippen molar-refractivity contribution in [3.05, 3.63) is 53.4 Å². The molecule has 1 aromatic heterocycles. The lowest BCUT2D eigenvalue weighted by molar-refractivity contribution is 0.193. The fourth-order valence-corrected chi connectivity index (χ4v) is 4.27. The van der Waals surface area contributed by atoms with Gasteiger partial charge in [0, 0.05) is 19.2 Å². The molecule has 1 N–H and O–H groups in total. The first-order valence-corrected chi connectivity index (χ1v) is 8.68. The van der Waals surface area contributed by atoms with E-state index < -0.39 is 0 Å². The highest BCUT2D eigenvalue weighted by molar-refractivity contribution is 5.74. The molecule has 1 saturated carbocycles. The third-order valence-corrected chi connectivity index (χ3v) is 5.53. The quantitative estimate of drug-likeness (QED) is 0.944. The molecule has 0 unspecified atom stereocenters. The molecule has 126 valence electrons. The van der Waals surface area contributed by atoms with Crippen molar-refractivity contribution in [1.82, 2.24) is 15.4 Å². The van der Waals surface area contributed by atoms with Gasteiger partial charge in [0.25, 0.3) is 0 Å². The van der Waals surface area contributed by atoms with Crippen molar-refractivity contribution in [1.29, 1.82) is 0 Å². The van der Waals surface area contributed by atoms with Crippen LogP contribution in [0.1, 0.15) is 29.7 Å². The average molecular weight is 325 g/mol. The third-order valence-electron chi connectivity index (χ3n) is 5.53. The Labute approximate surface area is 142 Å². The average Bonchev–Trinajstić information content (AvgIpc) is 3.16. The fraction of sp³-hybridized carbons (Fsp3) is 0.474. The van der Waals surface area contributed by atoms with E-state index in [2.05, 4.69) is 34.7 Å². The summed E-state index contributed by atoms with van der Waals surface area (Å²) in [4.78, 5) is 14.3. The summed E-state index contributed by atoms with van der Waals surface area (Å²) < 4.78 is 4.83. The number of rotatable bonds is 3. The molecule has 2 amide bonds. The first-order valence-electron chi connectivity index (χ1n) is 8.68. The van der Waals surface area contributed by atoms with Gasteiger partial charge in [-0.15, -0.1) is 0 Å². The van der Waals surface area contributed by atoms with Gasteiger partial charge in [0.05, 0.1) is 6.54 Å². The SMILES string of the molecule is CN(Cc1ccon1)C(=O)NC1[C@H]2CC[C@H]1Cc1ccccc1C2. The zero-order valence-corrected chi connectivity index (χ0v) is 13.9. The van der Waals surface area contributed by atoms with E-state index in [0.717, 1.165) is 18.5 Å². The molecular formula is C19H23N3O2. The molecule has 2 aliphatic rings. The highest BCUT2D eigenvalue weighted by atomic mass is 16.5. The van der Waals surface area contributed by atoms with Crippen LogP contribution in [0.5, 0.6) is 0 Å². The Bertz CT molecular complexity index is 680. The lowest BCUT2D eigenvalue weighted by atomic mass is 9.94. The molecular weight excluding hydrogens is 302 g/mol. The zero-order chi connectivity index (χ0) is 16.5. The van der Waals surface area contributed by atoms with E-state index in [1.165, 1.54) is 30.2 Å². The second-order valence-corrected chi connectivity index (χ2v) is 7.10. The first kappa shape index (κ1) is 15.2. The van der Waals surface area contributed by atoms with Gasteiger partial charge in [-0.2, -0.15) is 0 Å².